The van der Waals surface area contributed by atoms with Gasteiger partial charge in [0.05, 0.1) is 19.8 Å². The lowest BCUT2D eigenvalue weighted by atomic mass is 10.0. The maximum absolute atomic E-state index is 9.68. The summed E-state index contributed by atoms with van der Waals surface area (Å²) in [6.45, 7) is 3.79. The van der Waals surface area contributed by atoms with Gasteiger partial charge in [0.2, 0.25) is 0 Å². The highest BCUT2D eigenvalue weighted by molar-refractivity contribution is 6.30. The van der Waals surface area contributed by atoms with E-state index in [1.807, 2.05) is 12.1 Å². The molecule has 1 heterocycles. The molecule has 0 amide bonds. The van der Waals surface area contributed by atoms with Crippen molar-refractivity contribution in [2.45, 2.75) is 6.04 Å². The van der Waals surface area contributed by atoms with E-state index in [4.69, 9.17) is 16.3 Å². The summed E-state index contributed by atoms with van der Waals surface area (Å²) in [7, 11) is 1.64. The molecule has 2 rings (SSSR count). The maximum atomic E-state index is 9.68. The van der Waals surface area contributed by atoms with Crippen molar-refractivity contribution >= 4 is 11.6 Å². The van der Waals surface area contributed by atoms with Crippen LogP contribution in [0.4, 0.5) is 0 Å². The fourth-order valence-electron chi connectivity index (χ4n) is 2.37. The minimum Gasteiger partial charge on any atom is -0.496 e. The number of ether oxygens (including phenoxy) is 1. The Labute approximate surface area is 113 Å². The molecular weight excluding hydrogens is 252 g/mol. The Morgan fingerprint density at radius 3 is 2.78 bits per heavy atom. The highest BCUT2D eigenvalue weighted by Crippen LogP contribution is 2.31. The van der Waals surface area contributed by atoms with E-state index in [0.29, 0.717) is 5.02 Å². The normalized spacial score (nSPS) is 18.6. The third-order valence-electron chi connectivity index (χ3n) is 3.32. The van der Waals surface area contributed by atoms with Crippen LogP contribution in [0.5, 0.6) is 5.75 Å². The summed E-state index contributed by atoms with van der Waals surface area (Å²) in [5.41, 5.74) is 0.953. The highest BCUT2D eigenvalue weighted by Gasteiger charge is 2.24. The number of nitrogens with one attached hydrogen (secondary N) is 1. The first kappa shape index (κ1) is 13.6. The number of rotatable bonds is 4. The minimum absolute atomic E-state index is 0.0549. The van der Waals surface area contributed by atoms with E-state index in [1.54, 1.807) is 13.2 Å². The van der Waals surface area contributed by atoms with E-state index >= 15 is 0 Å². The first-order valence-corrected chi connectivity index (χ1v) is 6.53. The van der Waals surface area contributed by atoms with Crippen molar-refractivity contribution in [2.75, 3.05) is 39.9 Å². The minimum atomic E-state index is -0.0549. The van der Waals surface area contributed by atoms with Gasteiger partial charge in [-0.1, -0.05) is 11.6 Å². The predicted octanol–water partition coefficient (Wildman–Crippen LogP) is 1.29. The van der Waals surface area contributed by atoms with E-state index in [9.17, 15) is 5.11 Å². The molecule has 1 saturated heterocycles. The standard InChI is InChI=1S/C13H19ClN2O2/c1-18-13-3-2-10(14)8-11(13)12(9-17)16-6-4-15-5-7-16/h2-3,8,12,15,17H,4-7,9H2,1H3/t12-/m1/s1. The van der Waals surface area contributed by atoms with E-state index in [0.717, 1.165) is 37.5 Å². The number of aliphatic hydroxyl groups is 1. The Balaban J connectivity index is 2.27. The Bertz CT molecular complexity index is 395. The monoisotopic (exact) mass is 270 g/mol. The Hall–Kier alpha value is -0.810. The molecule has 2 N–H and O–H groups in total. The van der Waals surface area contributed by atoms with Gasteiger partial charge in [0, 0.05) is 36.8 Å². The van der Waals surface area contributed by atoms with E-state index in [2.05, 4.69) is 10.2 Å². The summed E-state index contributed by atoms with van der Waals surface area (Å²) in [6, 6.07) is 5.47. The third-order valence-corrected chi connectivity index (χ3v) is 3.55. The lowest BCUT2D eigenvalue weighted by Gasteiger charge is -2.34. The van der Waals surface area contributed by atoms with Gasteiger partial charge in [-0.3, -0.25) is 4.90 Å². The molecular formula is C13H19ClN2O2. The van der Waals surface area contributed by atoms with Crippen molar-refractivity contribution < 1.29 is 9.84 Å². The Morgan fingerprint density at radius 1 is 1.44 bits per heavy atom. The molecule has 1 fully saturated rings. The van der Waals surface area contributed by atoms with Crippen LogP contribution in [0, 0.1) is 0 Å². The summed E-state index contributed by atoms with van der Waals surface area (Å²) in [4.78, 5) is 2.25. The fourth-order valence-corrected chi connectivity index (χ4v) is 2.55. The maximum Gasteiger partial charge on any atom is 0.123 e. The first-order valence-electron chi connectivity index (χ1n) is 6.15. The molecule has 0 bridgehead atoms. The van der Waals surface area contributed by atoms with E-state index < -0.39 is 0 Å². The summed E-state index contributed by atoms with van der Waals surface area (Å²) < 4.78 is 5.36. The van der Waals surface area contributed by atoms with Gasteiger partial charge < -0.3 is 15.2 Å². The van der Waals surface area contributed by atoms with Gasteiger partial charge in [0.1, 0.15) is 5.75 Å². The van der Waals surface area contributed by atoms with Crippen molar-refractivity contribution in [2.24, 2.45) is 0 Å². The molecule has 0 spiro atoms. The zero-order valence-electron chi connectivity index (χ0n) is 10.5. The molecule has 18 heavy (non-hydrogen) atoms. The van der Waals surface area contributed by atoms with Gasteiger partial charge >= 0.3 is 0 Å². The van der Waals surface area contributed by atoms with Crippen molar-refractivity contribution in [3.63, 3.8) is 0 Å². The summed E-state index contributed by atoms with van der Waals surface area (Å²) in [5.74, 6) is 0.775. The van der Waals surface area contributed by atoms with Crippen LogP contribution in [0.3, 0.4) is 0 Å². The topological polar surface area (TPSA) is 44.7 Å². The van der Waals surface area contributed by atoms with Crippen LogP contribution in [0.2, 0.25) is 5.02 Å². The number of piperazine rings is 1. The number of halogens is 1. The van der Waals surface area contributed by atoms with Crippen molar-refractivity contribution in [3.05, 3.63) is 28.8 Å². The highest BCUT2D eigenvalue weighted by atomic mass is 35.5. The number of methoxy groups -OCH3 is 1. The zero-order chi connectivity index (χ0) is 13.0. The fraction of sp³-hybridized carbons (Fsp3) is 0.538. The molecule has 1 atom stereocenters. The van der Waals surface area contributed by atoms with E-state index in [1.165, 1.54) is 0 Å². The molecule has 0 radical (unpaired) electrons. The van der Waals surface area contributed by atoms with Crippen LogP contribution in [0.25, 0.3) is 0 Å². The molecule has 5 heteroatoms. The second-order valence-electron chi connectivity index (χ2n) is 4.37. The van der Waals surface area contributed by atoms with Gasteiger partial charge in [-0.15, -0.1) is 0 Å². The molecule has 0 aliphatic carbocycles. The molecule has 1 aliphatic heterocycles. The lowest BCUT2D eigenvalue weighted by molar-refractivity contribution is 0.109. The third kappa shape index (κ3) is 2.95. The van der Waals surface area contributed by atoms with Crippen molar-refractivity contribution in [3.8, 4) is 5.75 Å². The van der Waals surface area contributed by atoms with Crippen molar-refractivity contribution in [1.82, 2.24) is 10.2 Å². The summed E-state index contributed by atoms with van der Waals surface area (Å²) >= 11 is 6.05. The average Bonchev–Trinajstić information content (AvgIpc) is 2.41. The largest absolute Gasteiger partial charge is 0.496 e. The van der Waals surface area contributed by atoms with Crippen molar-refractivity contribution in [1.29, 1.82) is 0 Å². The average molecular weight is 271 g/mol. The SMILES string of the molecule is COc1ccc(Cl)cc1[C@@H](CO)N1CCNCC1. The second kappa shape index (κ2) is 6.38. The van der Waals surface area contributed by atoms with Crippen LogP contribution in [0.1, 0.15) is 11.6 Å². The molecule has 0 unspecified atom stereocenters. The molecule has 0 saturated carbocycles. The molecule has 0 aromatic heterocycles. The van der Waals surface area contributed by atoms with Crippen LogP contribution in [-0.2, 0) is 0 Å². The molecule has 4 nitrogen and oxygen atoms in total. The van der Waals surface area contributed by atoms with E-state index in [-0.39, 0.29) is 12.6 Å². The van der Waals surface area contributed by atoms with Gasteiger partial charge in [-0.05, 0) is 18.2 Å². The van der Waals surface area contributed by atoms with Crippen LogP contribution >= 0.6 is 11.6 Å². The molecule has 1 aromatic rings. The molecule has 1 aromatic carbocycles. The van der Waals surface area contributed by atoms with Gasteiger partial charge in [0.15, 0.2) is 0 Å². The number of nitrogens with zero attached hydrogens (tertiary/aromatic N) is 1. The quantitative estimate of drug-likeness (QED) is 0.865. The number of hydrogen-bond donors (Lipinski definition) is 2. The number of benzene rings is 1. The summed E-state index contributed by atoms with van der Waals surface area (Å²) in [5, 5.41) is 13.7. The first-order chi connectivity index (χ1) is 8.76. The predicted molar refractivity (Wildman–Crippen MR) is 72.3 cm³/mol. The lowest BCUT2D eigenvalue weighted by Crippen LogP contribution is -2.46. The van der Waals surface area contributed by atoms with Gasteiger partial charge in [-0.2, -0.15) is 0 Å². The smallest absolute Gasteiger partial charge is 0.123 e. The Kier molecular flexibility index (Phi) is 4.83. The molecule has 1 aliphatic rings. The van der Waals surface area contributed by atoms with Gasteiger partial charge in [0.25, 0.3) is 0 Å². The van der Waals surface area contributed by atoms with Crippen LogP contribution in [-0.4, -0.2) is 49.9 Å². The van der Waals surface area contributed by atoms with Crippen LogP contribution < -0.4 is 10.1 Å². The Morgan fingerprint density at radius 2 is 2.17 bits per heavy atom. The number of aliphatic hydroxyl groups excluding tert-OH is 1. The summed E-state index contributed by atoms with van der Waals surface area (Å²) in [6.07, 6.45) is 0. The van der Waals surface area contributed by atoms with Crippen LogP contribution in [0.15, 0.2) is 18.2 Å². The van der Waals surface area contributed by atoms with Gasteiger partial charge in [-0.25, -0.2) is 0 Å². The number of hydrogen-bond acceptors (Lipinski definition) is 4. The zero-order valence-corrected chi connectivity index (χ0v) is 11.3. The second-order valence-corrected chi connectivity index (χ2v) is 4.81. The molecule has 100 valence electrons.